The Balaban J connectivity index is 1.37. The van der Waals surface area contributed by atoms with Crippen LogP contribution in [-0.4, -0.2) is 54.5 Å². The Hall–Kier alpha value is -1.79. The van der Waals surface area contributed by atoms with Gasteiger partial charge in [-0.3, -0.25) is 14.5 Å². The number of esters is 1. The van der Waals surface area contributed by atoms with E-state index in [0.29, 0.717) is 19.6 Å². The Kier molecular flexibility index (Phi) is 5.28. The number of rotatable bonds is 5. The van der Waals surface area contributed by atoms with E-state index in [0.717, 1.165) is 54.3 Å². The quantitative estimate of drug-likeness (QED) is 0.623. The van der Waals surface area contributed by atoms with Crippen molar-refractivity contribution in [3.8, 4) is 0 Å². The predicted molar refractivity (Wildman–Crippen MR) is 108 cm³/mol. The van der Waals surface area contributed by atoms with E-state index in [2.05, 4.69) is 16.8 Å². The maximum absolute atomic E-state index is 12.4. The molecule has 2 saturated heterocycles. The van der Waals surface area contributed by atoms with E-state index in [-0.39, 0.29) is 17.8 Å². The summed E-state index contributed by atoms with van der Waals surface area (Å²) in [6.45, 7) is 7.00. The molecule has 5 nitrogen and oxygen atoms in total. The number of fused-ring (bicyclic) bond motifs is 1. The lowest BCUT2D eigenvalue weighted by Crippen LogP contribution is -2.38. The predicted octanol–water partition coefficient (Wildman–Crippen LogP) is 2.73. The SMILES string of the molecule is C=C1CC2COC(=O)C2(Cc2ccc(NC(=O)CN3CCSCC3)cc2)C1. The van der Waals surface area contributed by atoms with Gasteiger partial charge in [0, 0.05) is 36.2 Å². The van der Waals surface area contributed by atoms with Gasteiger partial charge in [-0.05, 0) is 37.0 Å². The minimum absolute atomic E-state index is 0.0276. The second kappa shape index (κ2) is 7.68. The van der Waals surface area contributed by atoms with Gasteiger partial charge in [-0.2, -0.15) is 11.8 Å². The van der Waals surface area contributed by atoms with Crippen molar-refractivity contribution < 1.29 is 14.3 Å². The molecule has 3 fully saturated rings. The molecule has 0 radical (unpaired) electrons. The zero-order valence-electron chi connectivity index (χ0n) is 15.5. The van der Waals surface area contributed by atoms with Crippen molar-refractivity contribution in [3.05, 3.63) is 42.0 Å². The third-order valence-corrected chi connectivity index (χ3v) is 6.87. The highest BCUT2D eigenvalue weighted by Crippen LogP contribution is 2.52. The van der Waals surface area contributed by atoms with Crippen LogP contribution in [0.3, 0.4) is 0 Å². The maximum Gasteiger partial charge on any atom is 0.313 e. The van der Waals surface area contributed by atoms with Crippen LogP contribution in [0.5, 0.6) is 0 Å². The van der Waals surface area contributed by atoms with Gasteiger partial charge in [-0.1, -0.05) is 24.3 Å². The monoisotopic (exact) mass is 386 g/mol. The zero-order chi connectivity index (χ0) is 18.9. The summed E-state index contributed by atoms with van der Waals surface area (Å²) >= 11 is 1.94. The normalized spacial score (nSPS) is 28.1. The number of nitrogens with one attached hydrogen (secondary N) is 1. The lowest BCUT2D eigenvalue weighted by Gasteiger charge is -2.25. The van der Waals surface area contributed by atoms with Gasteiger partial charge in [0.1, 0.15) is 0 Å². The first-order valence-corrected chi connectivity index (χ1v) is 10.7. The molecule has 0 bridgehead atoms. The van der Waals surface area contributed by atoms with Crippen LogP contribution in [0.2, 0.25) is 0 Å². The van der Waals surface area contributed by atoms with Gasteiger partial charge in [-0.25, -0.2) is 0 Å². The number of hydrogen-bond acceptors (Lipinski definition) is 5. The van der Waals surface area contributed by atoms with Gasteiger partial charge < -0.3 is 10.1 Å². The van der Waals surface area contributed by atoms with Crippen molar-refractivity contribution in [1.82, 2.24) is 4.90 Å². The summed E-state index contributed by atoms with van der Waals surface area (Å²) in [5, 5.41) is 2.98. The summed E-state index contributed by atoms with van der Waals surface area (Å²) < 4.78 is 5.35. The van der Waals surface area contributed by atoms with E-state index in [1.54, 1.807) is 0 Å². The first kappa shape index (κ1) is 18.6. The molecule has 1 amide bonds. The van der Waals surface area contributed by atoms with Crippen LogP contribution in [0.1, 0.15) is 18.4 Å². The molecule has 6 heteroatoms. The Morgan fingerprint density at radius 2 is 2.04 bits per heavy atom. The lowest BCUT2D eigenvalue weighted by molar-refractivity contribution is -0.146. The standard InChI is InChI=1S/C21H26N2O3S/c1-15-10-17-14-26-20(25)21(17,11-15)12-16-2-4-18(5-3-16)22-19(24)13-23-6-8-27-9-7-23/h2-5,17H,1,6-14H2,(H,22,24). The molecule has 4 rings (SSSR count). The number of amides is 1. The van der Waals surface area contributed by atoms with Gasteiger partial charge in [0.25, 0.3) is 0 Å². The van der Waals surface area contributed by atoms with Crippen LogP contribution in [0.25, 0.3) is 0 Å². The molecular weight excluding hydrogens is 360 g/mol. The van der Waals surface area contributed by atoms with Crippen molar-refractivity contribution in [2.45, 2.75) is 19.3 Å². The molecule has 1 aromatic rings. The van der Waals surface area contributed by atoms with Crippen molar-refractivity contribution in [2.75, 3.05) is 43.1 Å². The van der Waals surface area contributed by atoms with Crippen LogP contribution in [0.15, 0.2) is 36.4 Å². The third-order valence-electron chi connectivity index (χ3n) is 5.93. The third kappa shape index (κ3) is 3.92. The molecular formula is C21H26N2O3S. The smallest absolute Gasteiger partial charge is 0.313 e. The summed E-state index contributed by atoms with van der Waals surface area (Å²) in [7, 11) is 0. The van der Waals surface area contributed by atoms with Gasteiger partial charge in [0.05, 0.1) is 18.6 Å². The summed E-state index contributed by atoms with van der Waals surface area (Å²) in [6, 6.07) is 7.86. The molecule has 27 heavy (non-hydrogen) atoms. The molecule has 1 N–H and O–H groups in total. The van der Waals surface area contributed by atoms with Crippen LogP contribution >= 0.6 is 11.8 Å². The number of allylic oxidation sites excluding steroid dienone is 1. The molecule has 0 spiro atoms. The second-order valence-electron chi connectivity index (χ2n) is 7.89. The molecule has 2 heterocycles. The molecule has 144 valence electrons. The number of nitrogens with zero attached hydrogens (tertiary/aromatic N) is 1. The molecule has 1 aliphatic carbocycles. The van der Waals surface area contributed by atoms with Gasteiger partial charge in [0.2, 0.25) is 5.91 Å². The molecule has 1 saturated carbocycles. The number of ether oxygens (including phenoxy) is 1. The van der Waals surface area contributed by atoms with Gasteiger partial charge in [-0.15, -0.1) is 0 Å². The molecule has 2 atom stereocenters. The molecule has 2 unspecified atom stereocenters. The Morgan fingerprint density at radius 3 is 2.78 bits per heavy atom. The summed E-state index contributed by atoms with van der Waals surface area (Å²) in [5.41, 5.74) is 2.61. The topological polar surface area (TPSA) is 58.6 Å². The van der Waals surface area contributed by atoms with Crippen LogP contribution in [0.4, 0.5) is 5.69 Å². The van der Waals surface area contributed by atoms with Crippen LogP contribution < -0.4 is 5.32 Å². The molecule has 3 aliphatic rings. The van der Waals surface area contributed by atoms with Crippen LogP contribution in [-0.2, 0) is 20.7 Å². The average Bonchev–Trinajstić information content (AvgIpc) is 3.12. The number of thioether (sulfide) groups is 1. The minimum atomic E-state index is -0.436. The van der Waals surface area contributed by atoms with E-state index in [1.807, 2.05) is 36.0 Å². The number of hydrogen-bond donors (Lipinski definition) is 1. The summed E-state index contributed by atoms with van der Waals surface area (Å²) in [4.78, 5) is 26.8. The average molecular weight is 387 g/mol. The van der Waals surface area contributed by atoms with Crippen molar-refractivity contribution in [1.29, 1.82) is 0 Å². The Bertz CT molecular complexity index is 742. The van der Waals surface area contributed by atoms with Crippen molar-refractivity contribution in [2.24, 2.45) is 11.3 Å². The Morgan fingerprint density at radius 1 is 1.30 bits per heavy atom. The highest BCUT2D eigenvalue weighted by atomic mass is 32.2. The maximum atomic E-state index is 12.4. The number of anilines is 1. The van der Waals surface area contributed by atoms with E-state index >= 15 is 0 Å². The highest BCUT2D eigenvalue weighted by Gasteiger charge is 2.55. The first-order chi connectivity index (χ1) is 13.0. The molecule has 0 aromatic heterocycles. The van der Waals surface area contributed by atoms with E-state index in [4.69, 9.17) is 4.74 Å². The summed E-state index contributed by atoms with van der Waals surface area (Å²) in [5.74, 6) is 2.39. The zero-order valence-corrected chi connectivity index (χ0v) is 16.4. The first-order valence-electron chi connectivity index (χ1n) is 9.58. The van der Waals surface area contributed by atoms with E-state index in [9.17, 15) is 9.59 Å². The van der Waals surface area contributed by atoms with Crippen LogP contribution in [0, 0.1) is 11.3 Å². The number of benzene rings is 1. The minimum Gasteiger partial charge on any atom is -0.465 e. The fourth-order valence-corrected chi connectivity index (χ4v) is 5.47. The molecule has 2 aliphatic heterocycles. The molecule has 1 aromatic carbocycles. The number of carbonyl (C=O) groups excluding carboxylic acids is 2. The summed E-state index contributed by atoms with van der Waals surface area (Å²) in [6.07, 6.45) is 2.28. The fourth-order valence-electron chi connectivity index (χ4n) is 4.50. The van der Waals surface area contributed by atoms with E-state index in [1.165, 1.54) is 0 Å². The lowest BCUT2D eigenvalue weighted by atomic mass is 9.75. The van der Waals surface area contributed by atoms with Gasteiger partial charge >= 0.3 is 5.97 Å². The van der Waals surface area contributed by atoms with Crippen molar-refractivity contribution >= 4 is 29.3 Å². The van der Waals surface area contributed by atoms with Crippen molar-refractivity contribution in [3.63, 3.8) is 0 Å². The van der Waals surface area contributed by atoms with Gasteiger partial charge in [0.15, 0.2) is 0 Å². The number of carbonyl (C=O) groups is 2. The second-order valence-corrected chi connectivity index (χ2v) is 9.12. The highest BCUT2D eigenvalue weighted by molar-refractivity contribution is 7.99. The number of cyclic esters (lactones) is 1. The Labute approximate surface area is 164 Å². The van der Waals surface area contributed by atoms with E-state index < -0.39 is 5.41 Å². The largest absolute Gasteiger partial charge is 0.465 e. The fraction of sp³-hybridized carbons (Fsp3) is 0.524.